The van der Waals surface area contributed by atoms with Gasteiger partial charge in [0.25, 0.3) is 5.91 Å². The van der Waals surface area contributed by atoms with Gasteiger partial charge in [0.05, 0.1) is 5.56 Å². The minimum absolute atomic E-state index is 0.0479. The Labute approximate surface area is 131 Å². The standard InChI is InChI=1S/C17H24N2OS/c1-21-17-15(7-4-10-18-17)16(20)19-14-9-8-12-5-2-3-6-13(12)11-14/h4,7,10,12-14H,2-3,5-6,8-9,11H2,1H3,(H,19,20)/t12-,13+,14+/m0/s1. The zero-order valence-electron chi connectivity index (χ0n) is 12.7. The molecular formula is C17H24N2OS. The summed E-state index contributed by atoms with van der Waals surface area (Å²) in [5.41, 5.74) is 0.718. The molecule has 1 aromatic rings. The van der Waals surface area contributed by atoms with Gasteiger partial charge in [0.2, 0.25) is 0 Å². The first kappa shape index (κ1) is 14.9. The Morgan fingerprint density at radius 2 is 2.05 bits per heavy atom. The minimum atomic E-state index is 0.0479. The number of fused-ring (bicyclic) bond motifs is 1. The smallest absolute Gasteiger partial charge is 0.254 e. The number of hydrogen-bond donors (Lipinski definition) is 1. The molecule has 1 heterocycles. The van der Waals surface area contributed by atoms with E-state index in [1.54, 1.807) is 6.20 Å². The molecule has 3 nitrogen and oxygen atoms in total. The van der Waals surface area contributed by atoms with Crippen molar-refractivity contribution in [3.05, 3.63) is 23.9 Å². The highest BCUT2D eigenvalue weighted by Gasteiger charge is 2.32. The van der Waals surface area contributed by atoms with Gasteiger partial charge in [-0.25, -0.2) is 4.98 Å². The van der Waals surface area contributed by atoms with E-state index < -0.39 is 0 Å². The van der Waals surface area contributed by atoms with E-state index >= 15 is 0 Å². The van der Waals surface area contributed by atoms with Crippen molar-refractivity contribution in [2.45, 2.75) is 56.0 Å². The summed E-state index contributed by atoms with van der Waals surface area (Å²) in [5.74, 6) is 1.81. The molecule has 4 heteroatoms. The van der Waals surface area contributed by atoms with Crippen molar-refractivity contribution >= 4 is 17.7 Å². The van der Waals surface area contributed by atoms with Gasteiger partial charge in [0.15, 0.2) is 0 Å². The average Bonchev–Trinajstić information content (AvgIpc) is 2.54. The molecular weight excluding hydrogens is 280 g/mol. The molecule has 1 N–H and O–H groups in total. The highest BCUT2D eigenvalue weighted by Crippen LogP contribution is 2.40. The number of rotatable bonds is 3. The zero-order valence-corrected chi connectivity index (χ0v) is 13.5. The maximum absolute atomic E-state index is 12.5. The molecule has 0 saturated heterocycles. The topological polar surface area (TPSA) is 42.0 Å². The maximum atomic E-state index is 12.5. The van der Waals surface area contributed by atoms with Gasteiger partial charge in [-0.2, -0.15) is 0 Å². The second-order valence-electron chi connectivity index (χ2n) is 6.35. The van der Waals surface area contributed by atoms with Gasteiger partial charge < -0.3 is 5.32 Å². The molecule has 1 amide bonds. The molecule has 1 aromatic heterocycles. The van der Waals surface area contributed by atoms with Crippen LogP contribution in [0.15, 0.2) is 23.4 Å². The molecule has 0 aromatic carbocycles. The van der Waals surface area contributed by atoms with Crippen LogP contribution < -0.4 is 5.32 Å². The van der Waals surface area contributed by atoms with E-state index in [9.17, 15) is 4.79 Å². The van der Waals surface area contributed by atoms with Crippen LogP contribution >= 0.6 is 11.8 Å². The second kappa shape index (κ2) is 6.82. The van der Waals surface area contributed by atoms with Crippen LogP contribution in [-0.2, 0) is 0 Å². The third-order valence-corrected chi connectivity index (χ3v) is 5.80. The number of pyridine rings is 1. The van der Waals surface area contributed by atoms with Gasteiger partial charge in [-0.15, -0.1) is 11.8 Å². The summed E-state index contributed by atoms with van der Waals surface area (Å²) in [6, 6.07) is 4.07. The summed E-state index contributed by atoms with van der Waals surface area (Å²) in [7, 11) is 0. The van der Waals surface area contributed by atoms with Crippen molar-refractivity contribution < 1.29 is 4.79 Å². The predicted molar refractivity (Wildman–Crippen MR) is 86.6 cm³/mol. The third-order valence-electron chi connectivity index (χ3n) is 5.08. The highest BCUT2D eigenvalue weighted by molar-refractivity contribution is 7.98. The van der Waals surface area contributed by atoms with Crippen molar-refractivity contribution in [3.63, 3.8) is 0 Å². The number of carbonyl (C=O) groups is 1. The maximum Gasteiger partial charge on any atom is 0.254 e. The predicted octanol–water partition coefficient (Wildman–Crippen LogP) is 3.89. The van der Waals surface area contributed by atoms with Crippen LogP contribution in [0, 0.1) is 11.8 Å². The van der Waals surface area contributed by atoms with Crippen LogP contribution in [0.25, 0.3) is 0 Å². The van der Waals surface area contributed by atoms with Crippen molar-refractivity contribution in [2.75, 3.05) is 6.26 Å². The fourth-order valence-electron chi connectivity index (χ4n) is 3.99. The molecule has 0 spiro atoms. The van der Waals surface area contributed by atoms with Gasteiger partial charge >= 0.3 is 0 Å². The van der Waals surface area contributed by atoms with Gasteiger partial charge in [-0.1, -0.05) is 25.7 Å². The molecule has 2 fully saturated rings. The van der Waals surface area contributed by atoms with Crippen LogP contribution in [0.3, 0.4) is 0 Å². The minimum Gasteiger partial charge on any atom is -0.349 e. The SMILES string of the molecule is CSc1ncccc1C(=O)N[C@@H]1CC[C@@H]2CCCC[C@@H]2C1. The number of aromatic nitrogens is 1. The lowest BCUT2D eigenvalue weighted by Crippen LogP contribution is -2.41. The lowest BCUT2D eigenvalue weighted by molar-refractivity contribution is 0.0876. The summed E-state index contributed by atoms with van der Waals surface area (Å²) in [6.07, 6.45) is 12.9. The number of amides is 1. The fourth-order valence-corrected chi connectivity index (χ4v) is 4.54. The van der Waals surface area contributed by atoms with Crippen LogP contribution in [0.1, 0.15) is 55.3 Å². The molecule has 2 aliphatic rings. The molecule has 0 aliphatic heterocycles. The van der Waals surface area contributed by atoms with Crippen LogP contribution in [0.4, 0.5) is 0 Å². The van der Waals surface area contributed by atoms with Crippen LogP contribution in [0.2, 0.25) is 0 Å². The molecule has 3 atom stereocenters. The monoisotopic (exact) mass is 304 g/mol. The number of nitrogens with zero attached hydrogens (tertiary/aromatic N) is 1. The van der Waals surface area contributed by atoms with Crippen LogP contribution in [0.5, 0.6) is 0 Å². The molecule has 114 valence electrons. The molecule has 2 saturated carbocycles. The molecule has 0 unspecified atom stereocenters. The Kier molecular flexibility index (Phi) is 4.84. The molecule has 2 aliphatic carbocycles. The first-order valence-corrected chi connectivity index (χ1v) is 9.30. The van der Waals surface area contributed by atoms with E-state index in [0.717, 1.165) is 28.8 Å². The van der Waals surface area contributed by atoms with E-state index in [1.165, 1.54) is 50.3 Å². The zero-order chi connectivity index (χ0) is 14.7. The molecule has 3 rings (SSSR count). The summed E-state index contributed by atoms with van der Waals surface area (Å²) in [4.78, 5) is 16.8. The fraction of sp³-hybridized carbons (Fsp3) is 0.647. The summed E-state index contributed by atoms with van der Waals surface area (Å²) < 4.78 is 0. The normalized spacial score (nSPS) is 28.7. The molecule has 21 heavy (non-hydrogen) atoms. The number of thioether (sulfide) groups is 1. The number of nitrogens with one attached hydrogen (secondary N) is 1. The Hall–Kier alpha value is -1.03. The Morgan fingerprint density at radius 3 is 2.86 bits per heavy atom. The Bertz CT molecular complexity index is 505. The van der Waals surface area contributed by atoms with E-state index in [4.69, 9.17) is 0 Å². The van der Waals surface area contributed by atoms with Crippen LogP contribution in [-0.4, -0.2) is 23.2 Å². The average molecular weight is 304 g/mol. The number of hydrogen-bond acceptors (Lipinski definition) is 3. The lowest BCUT2D eigenvalue weighted by Gasteiger charge is -2.39. The van der Waals surface area contributed by atoms with Gasteiger partial charge in [-0.3, -0.25) is 4.79 Å². The quantitative estimate of drug-likeness (QED) is 0.861. The van der Waals surface area contributed by atoms with Crippen molar-refractivity contribution in [1.82, 2.24) is 10.3 Å². The summed E-state index contributed by atoms with van der Waals surface area (Å²) in [6.45, 7) is 0. The van der Waals surface area contributed by atoms with E-state index in [-0.39, 0.29) is 5.91 Å². The van der Waals surface area contributed by atoms with Gasteiger partial charge in [0.1, 0.15) is 5.03 Å². The second-order valence-corrected chi connectivity index (χ2v) is 7.14. The first-order chi connectivity index (χ1) is 10.3. The lowest BCUT2D eigenvalue weighted by atomic mass is 9.69. The molecule has 0 bridgehead atoms. The third kappa shape index (κ3) is 3.42. The number of carbonyl (C=O) groups excluding carboxylic acids is 1. The van der Waals surface area contributed by atoms with Crippen molar-refractivity contribution in [1.29, 1.82) is 0 Å². The van der Waals surface area contributed by atoms with Gasteiger partial charge in [0, 0.05) is 12.2 Å². The van der Waals surface area contributed by atoms with Crippen molar-refractivity contribution in [2.24, 2.45) is 11.8 Å². The van der Waals surface area contributed by atoms with E-state index in [2.05, 4.69) is 10.3 Å². The first-order valence-electron chi connectivity index (χ1n) is 8.08. The van der Waals surface area contributed by atoms with Gasteiger partial charge in [-0.05, 0) is 49.5 Å². The van der Waals surface area contributed by atoms with E-state index in [1.807, 2.05) is 18.4 Å². The molecule has 0 radical (unpaired) electrons. The van der Waals surface area contributed by atoms with E-state index in [0.29, 0.717) is 6.04 Å². The largest absolute Gasteiger partial charge is 0.349 e. The van der Waals surface area contributed by atoms with Crippen molar-refractivity contribution in [3.8, 4) is 0 Å². The Morgan fingerprint density at radius 1 is 1.24 bits per heavy atom. The highest BCUT2D eigenvalue weighted by atomic mass is 32.2. The summed E-state index contributed by atoms with van der Waals surface area (Å²) in [5, 5.41) is 4.07. The Balaban J connectivity index is 1.62. The summed E-state index contributed by atoms with van der Waals surface area (Å²) >= 11 is 1.53.